The Hall–Kier alpha value is -2.02. The van der Waals surface area contributed by atoms with Gasteiger partial charge in [-0.1, -0.05) is 12.1 Å². The summed E-state index contributed by atoms with van der Waals surface area (Å²) in [5.41, 5.74) is 1.10. The van der Waals surface area contributed by atoms with Crippen LogP contribution in [0.5, 0.6) is 17.4 Å². The summed E-state index contributed by atoms with van der Waals surface area (Å²) < 4.78 is 11.1. The van der Waals surface area contributed by atoms with Crippen molar-refractivity contribution in [3.8, 4) is 17.4 Å². The minimum Gasteiger partial charge on any atom is -0.497 e. The third-order valence-corrected chi connectivity index (χ3v) is 5.66. The molecule has 1 unspecified atom stereocenters. The predicted octanol–water partition coefficient (Wildman–Crippen LogP) is 3.73. The molecule has 2 fully saturated rings. The first kappa shape index (κ1) is 23.3. The number of amides is 1. The number of carbonyl (C=O) groups is 1. The van der Waals surface area contributed by atoms with Crippen molar-refractivity contribution in [2.45, 2.75) is 25.8 Å². The number of halogens is 2. The molecular weight excluding hydrogens is 413 g/mol. The molecule has 0 bridgehead atoms. The van der Waals surface area contributed by atoms with Gasteiger partial charge in [0.15, 0.2) is 0 Å². The number of nitrogens with zero attached hydrogens (tertiary/aromatic N) is 1. The molecule has 1 saturated heterocycles. The molecule has 158 valence electrons. The molecule has 1 spiro atoms. The Morgan fingerprint density at radius 3 is 2.72 bits per heavy atom. The van der Waals surface area contributed by atoms with Crippen LogP contribution in [0.3, 0.4) is 0 Å². The van der Waals surface area contributed by atoms with E-state index in [-0.39, 0.29) is 42.1 Å². The fourth-order valence-corrected chi connectivity index (χ4v) is 3.93. The summed E-state index contributed by atoms with van der Waals surface area (Å²) in [6.07, 6.45) is 4.90. The van der Waals surface area contributed by atoms with E-state index in [4.69, 9.17) is 9.47 Å². The van der Waals surface area contributed by atoms with Crippen LogP contribution in [0.25, 0.3) is 0 Å². The van der Waals surface area contributed by atoms with Crippen LogP contribution >= 0.6 is 24.8 Å². The van der Waals surface area contributed by atoms with Gasteiger partial charge in [-0.05, 0) is 56.0 Å². The molecule has 2 N–H and O–H groups in total. The summed E-state index contributed by atoms with van der Waals surface area (Å²) in [4.78, 5) is 16.9. The second-order valence-electron chi connectivity index (χ2n) is 7.34. The van der Waals surface area contributed by atoms with Crippen LogP contribution in [0.2, 0.25) is 0 Å². The molecule has 6 nitrogen and oxygen atoms in total. The van der Waals surface area contributed by atoms with E-state index < -0.39 is 0 Å². The molecule has 1 amide bonds. The summed E-state index contributed by atoms with van der Waals surface area (Å²) >= 11 is 0. The summed E-state index contributed by atoms with van der Waals surface area (Å²) in [7, 11) is 1.62. The third-order valence-electron chi connectivity index (χ3n) is 5.66. The van der Waals surface area contributed by atoms with Gasteiger partial charge < -0.3 is 20.1 Å². The predicted molar refractivity (Wildman–Crippen MR) is 116 cm³/mol. The van der Waals surface area contributed by atoms with E-state index in [0.29, 0.717) is 18.2 Å². The fraction of sp³-hybridized carbons (Fsp3) is 0.429. The molecule has 1 atom stereocenters. The van der Waals surface area contributed by atoms with Crippen LogP contribution in [-0.2, 0) is 11.3 Å². The Morgan fingerprint density at radius 2 is 1.97 bits per heavy atom. The lowest BCUT2D eigenvalue weighted by atomic mass is 9.92. The molecule has 2 heterocycles. The van der Waals surface area contributed by atoms with Crippen LogP contribution in [0.1, 0.15) is 24.8 Å². The average molecular weight is 440 g/mol. The topological polar surface area (TPSA) is 72.5 Å². The highest BCUT2D eigenvalue weighted by Crippen LogP contribution is 2.58. The molecule has 1 aromatic heterocycles. The van der Waals surface area contributed by atoms with Crippen molar-refractivity contribution in [3.63, 3.8) is 0 Å². The number of carbonyl (C=O) groups excluding carboxylic acids is 1. The first-order valence-corrected chi connectivity index (χ1v) is 9.44. The van der Waals surface area contributed by atoms with Crippen molar-refractivity contribution in [2.75, 3.05) is 20.2 Å². The Kier molecular flexibility index (Phi) is 8.14. The first-order valence-electron chi connectivity index (χ1n) is 9.44. The number of hydrogen-bond acceptors (Lipinski definition) is 5. The standard InChI is InChI=1S/C21H25N3O3.2ClH/c1-26-16-5-2-6-17(12-16)27-20-15(4-3-9-23-20)14-24-19(25)18-13-21(18)7-10-22-11-8-21;;/h2-6,9,12,18,22H,7-8,10-11,13-14H2,1H3,(H,24,25);2*1H. The summed E-state index contributed by atoms with van der Waals surface area (Å²) in [5.74, 6) is 2.17. The van der Waals surface area contributed by atoms with Crippen molar-refractivity contribution in [3.05, 3.63) is 48.2 Å². The lowest BCUT2D eigenvalue weighted by Gasteiger charge is -2.23. The highest BCUT2D eigenvalue weighted by atomic mass is 35.5. The highest BCUT2D eigenvalue weighted by Gasteiger charge is 2.57. The lowest BCUT2D eigenvalue weighted by molar-refractivity contribution is -0.123. The lowest BCUT2D eigenvalue weighted by Crippen LogP contribution is -2.33. The molecule has 1 aliphatic heterocycles. The number of rotatable bonds is 6. The molecule has 1 aliphatic carbocycles. The number of methoxy groups -OCH3 is 1. The second kappa shape index (κ2) is 10.1. The third kappa shape index (κ3) is 5.32. The maximum Gasteiger partial charge on any atom is 0.224 e. The molecule has 1 aromatic carbocycles. The van der Waals surface area contributed by atoms with Crippen molar-refractivity contribution >= 4 is 30.7 Å². The zero-order valence-electron chi connectivity index (χ0n) is 16.3. The molecule has 8 heteroatoms. The summed E-state index contributed by atoms with van der Waals surface area (Å²) in [5, 5.41) is 6.45. The summed E-state index contributed by atoms with van der Waals surface area (Å²) in [6.45, 7) is 2.45. The van der Waals surface area contributed by atoms with E-state index >= 15 is 0 Å². The maximum atomic E-state index is 12.6. The molecule has 1 saturated carbocycles. The van der Waals surface area contributed by atoms with Gasteiger partial charge in [0.05, 0.1) is 7.11 Å². The average Bonchev–Trinajstić information content (AvgIpc) is 3.40. The number of ether oxygens (including phenoxy) is 2. The SMILES string of the molecule is COc1cccc(Oc2ncccc2CNC(=O)C2CC23CCNCC3)c1.Cl.Cl. The van der Waals surface area contributed by atoms with Crippen LogP contribution in [-0.4, -0.2) is 31.1 Å². The number of pyridine rings is 1. The molecular formula is C21H27Cl2N3O3. The normalized spacial score (nSPS) is 18.7. The zero-order chi connectivity index (χ0) is 18.7. The number of aromatic nitrogens is 1. The zero-order valence-corrected chi connectivity index (χ0v) is 18.0. The van der Waals surface area contributed by atoms with E-state index in [0.717, 1.165) is 43.7 Å². The van der Waals surface area contributed by atoms with Crippen molar-refractivity contribution in [1.82, 2.24) is 15.6 Å². The molecule has 2 aromatic rings. The van der Waals surface area contributed by atoms with Crippen molar-refractivity contribution in [1.29, 1.82) is 0 Å². The van der Waals surface area contributed by atoms with Gasteiger partial charge in [0, 0.05) is 30.3 Å². The van der Waals surface area contributed by atoms with Crippen LogP contribution in [0.15, 0.2) is 42.6 Å². The molecule has 2 aliphatic rings. The van der Waals surface area contributed by atoms with E-state index in [9.17, 15) is 4.79 Å². The molecule has 4 rings (SSSR count). The Balaban J connectivity index is 0.00000150. The number of hydrogen-bond donors (Lipinski definition) is 2. The van der Waals surface area contributed by atoms with Gasteiger partial charge in [-0.3, -0.25) is 4.79 Å². The van der Waals surface area contributed by atoms with E-state index in [1.807, 2.05) is 36.4 Å². The largest absolute Gasteiger partial charge is 0.497 e. The van der Waals surface area contributed by atoms with E-state index in [1.54, 1.807) is 13.3 Å². The van der Waals surface area contributed by atoms with Gasteiger partial charge in [0.25, 0.3) is 0 Å². The number of nitrogens with one attached hydrogen (secondary N) is 2. The van der Waals surface area contributed by atoms with Crippen LogP contribution in [0.4, 0.5) is 0 Å². The quantitative estimate of drug-likeness (QED) is 0.716. The Labute approximate surface area is 183 Å². The van der Waals surface area contributed by atoms with E-state index in [1.165, 1.54) is 0 Å². The highest BCUT2D eigenvalue weighted by molar-refractivity contribution is 5.85. The monoisotopic (exact) mass is 439 g/mol. The van der Waals surface area contributed by atoms with Gasteiger partial charge in [0.1, 0.15) is 11.5 Å². The van der Waals surface area contributed by atoms with Crippen molar-refractivity contribution < 1.29 is 14.3 Å². The van der Waals surface area contributed by atoms with Crippen molar-refractivity contribution in [2.24, 2.45) is 11.3 Å². The Morgan fingerprint density at radius 1 is 1.21 bits per heavy atom. The van der Waals surface area contributed by atoms with Crippen LogP contribution < -0.4 is 20.1 Å². The number of benzene rings is 1. The minimum absolute atomic E-state index is 0. The van der Waals surface area contributed by atoms with Gasteiger partial charge in [0.2, 0.25) is 11.8 Å². The van der Waals surface area contributed by atoms with Gasteiger partial charge in [-0.25, -0.2) is 4.98 Å². The molecule has 29 heavy (non-hydrogen) atoms. The fourth-order valence-electron chi connectivity index (χ4n) is 3.93. The second-order valence-corrected chi connectivity index (χ2v) is 7.34. The van der Waals surface area contributed by atoms with Gasteiger partial charge in [-0.15, -0.1) is 24.8 Å². The molecule has 0 radical (unpaired) electrons. The minimum atomic E-state index is 0. The van der Waals surface area contributed by atoms with E-state index in [2.05, 4.69) is 15.6 Å². The number of piperidine rings is 1. The smallest absolute Gasteiger partial charge is 0.224 e. The van der Waals surface area contributed by atoms with Crippen LogP contribution in [0, 0.1) is 11.3 Å². The first-order chi connectivity index (χ1) is 13.2. The van der Waals surface area contributed by atoms with Gasteiger partial charge in [-0.2, -0.15) is 0 Å². The Bertz CT molecular complexity index is 828. The summed E-state index contributed by atoms with van der Waals surface area (Å²) in [6, 6.07) is 11.2. The van der Waals surface area contributed by atoms with Gasteiger partial charge >= 0.3 is 0 Å². The maximum absolute atomic E-state index is 12.6.